The fourth-order valence-corrected chi connectivity index (χ4v) is 3.71. The molecule has 1 atom stereocenters. The van der Waals surface area contributed by atoms with Crippen LogP contribution in [-0.2, 0) is 6.54 Å². The second kappa shape index (κ2) is 4.84. The van der Waals surface area contributed by atoms with Gasteiger partial charge in [0.05, 0.1) is 0 Å². The maximum atomic E-state index is 5.79. The van der Waals surface area contributed by atoms with Crippen LogP contribution < -0.4 is 0 Å². The van der Waals surface area contributed by atoms with Crippen molar-refractivity contribution in [2.75, 3.05) is 18.8 Å². The van der Waals surface area contributed by atoms with E-state index in [0.717, 1.165) is 11.8 Å². The molecule has 0 aliphatic carbocycles. The molecule has 1 aromatic rings. The molecule has 1 fully saturated rings. The Balaban J connectivity index is 1.90. The molecule has 0 amide bonds. The van der Waals surface area contributed by atoms with Crippen LogP contribution in [0.1, 0.15) is 11.8 Å². The van der Waals surface area contributed by atoms with E-state index in [1.165, 1.54) is 23.7 Å². The Labute approximate surface area is 97.7 Å². The molecule has 0 bridgehead atoms. The van der Waals surface area contributed by atoms with Crippen molar-refractivity contribution in [2.24, 2.45) is 0 Å². The maximum absolute atomic E-state index is 5.79. The summed E-state index contributed by atoms with van der Waals surface area (Å²) >= 11 is 9.44. The molecule has 1 saturated heterocycles. The quantitative estimate of drug-likeness (QED) is 0.801. The third-order valence-corrected chi connectivity index (χ3v) is 4.47. The smallest absolute Gasteiger partial charge is 0.183 e. The number of thiazole rings is 1. The number of rotatable bonds is 2. The summed E-state index contributed by atoms with van der Waals surface area (Å²) in [4.78, 5) is 7.80. The van der Waals surface area contributed by atoms with Gasteiger partial charge in [-0.2, -0.15) is 11.8 Å². The van der Waals surface area contributed by atoms with Crippen molar-refractivity contribution in [1.82, 2.24) is 9.88 Å². The van der Waals surface area contributed by atoms with Gasteiger partial charge in [-0.05, 0) is 0 Å². The molecule has 0 aromatic carbocycles. The second-order valence-corrected chi connectivity index (χ2v) is 6.74. The largest absolute Gasteiger partial charge is 0.296 e. The first-order valence-corrected chi connectivity index (χ1v) is 6.92. The lowest BCUT2D eigenvalue weighted by Crippen LogP contribution is -2.35. The Morgan fingerprint density at radius 2 is 2.57 bits per heavy atom. The number of thioether (sulfide) groups is 1. The normalized spacial score (nSPS) is 24.0. The highest BCUT2D eigenvalue weighted by Gasteiger charge is 2.17. The molecule has 1 aliphatic rings. The Hall–Kier alpha value is 0.230. The maximum Gasteiger partial charge on any atom is 0.183 e. The van der Waals surface area contributed by atoms with Gasteiger partial charge in [-0.15, -0.1) is 11.3 Å². The second-order valence-electron chi connectivity index (χ2n) is 3.50. The van der Waals surface area contributed by atoms with E-state index in [1.54, 1.807) is 11.3 Å². The zero-order chi connectivity index (χ0) is 9.97. The zero-order valence-electron chi connectivity index (χ0n) is 8.07. The van der Waals surface area contributed by atoms with E-state index >= 15 is 0 Å². The predicted octanol–water partition coefficient (Wildman–Crippen LogP) is 2.73. The summed E-state index contributed by atoms with van der Waals surface area (Å²) in [5.74, 6) is 1.24. The number of hydrogen-bond acceptors (Lipinski definition) is 4. The topological polar surface area (TPSA) is 16.1 Å². The lowest BCUT2D eigenvalue weighted by Gasteiger charge is -2.29. The molecule has 0 saturated carbocycles. The van der Waals surface area contributed by atoms with Crippen molar-refractivity contribution in [2.45, 2.75) is 18.7 Å². The van der Waals surface area contributed by atoms with E-state index in [4.69, 9.17) is 11.6 Å². The average molecular weight is 249 g/mol. The van der Waals surface area contributed by atoms with Gasteiger partial charge in [-0.25, -0.2) is 4.98 Å². The van der Waals surface area contributed by atoms with Crippen molar-refractivity contribution >= 4 is 34.7 Å². The molecular formula is C9H13ClN2S2. The molecule has 0 N–H and O–H groups in total. The molecule has 1 aliphatic heterocycles. The van der Waals surface area contributed by atoms with Gasteiger partial charge in [-0.3, -0.25) is 4.90 Å². The fraction of sp³-hybridized carbons (Fsp3) is 0.667. The van der Waals surface area contributed by atoms with Gasteiger partial charge in [0.15, 0.2) is 4.47 Å². The van der Waals surface area contributed by atoms with Gasteiger partial charge < -0.3 is 0 Å². The Bertz CT molecular complexity index is 303. The number of hydrogen-bond donors (Lipinski definition) is 0. The summed E-state index contributed by atoms with van der Waals surface area (Å²) in [6.45, 7) is 5.66. The molecule has 0 radical (unpaired) electrons. The summed E-state index contributed by atoms with van der Waals surface area (Å²) < 4.78 is 0.652. The zero-order valence-corrected chi connectivity index (χ0v) is 10.5. The van der Waals surface area contributed by atoms with E-state index < -0.39 is 0 Å². The Kier molecular flexibility index (Phi) is 3.71. The monoisotopic (exact) mass is 248 g/mol. The van der Waals surface area contributed by atoms with E-state index in [2.05, 4.69) is 28.6 Å². The Morgan fingerprint density at radius 3 is 3.21 bits per heavy atom. The highest BCUT2D eigenvalue weighted by atomic mass is 35.5. The van der Waals surface area contributed by atoms with E-state index in [-0.39, 0.29) is 0 Å². The van der Waals surface area contributed by atoms with Crippen LogP contribution in [0.4, 0.5) is 0 Å². The van der Waals surface area contributed by atoms with Crippen LogP contribution in [0.5, 0.6) is 0 Å². The van der Waals surface area contributed by atoms with Crippen LogP contribution in [0.15, 0.2) is 6.20 Å². The van der Waals surface area contributed by atoms with Crippen molar-refractivity contribution in [3.05, 3.63) is 15.5 Å². The third-order valence-electron chi connectivity index (χ3n) is 2.23. The van der Waals surface area contributed by atoms with Gasteiger partial charge >= 0.3 is 0 Å². The molecule has 78 valence electrons. The van der Waals surface area contributed by atoms with Crippen LogP contribution in [0.3, 0.4) is 0 Å². The first-order valence-electron chi connectivity index (χ1n) is 4.68. The molecule has 1 unspecified atom stereocenters. The molecular weight excluding hydrogens is 236 g/mol. The summed E-state index contributed by atoms with van der Waals surface area (Å²) in [5, 5.41) is 0.757. The van der Waals surface area contributed by atoms with Crippen molar-refractivity contribution < 1.29 is 0 Å². The minimum Gasteiger partial charge on any atom is -0.296 e. The van der Waals surface area contributed by atoms with E-state index in [9.17, 15) is 0 Å². The number of nitrogens with zero attached hydrogens (tertiary/aromatic N) is 2. The van der Waals surface area contributed by atoms with Crippen LogP contribution in [-0.4, -0.2) is 34.0 Å². The number of aromatic nitrogens is 1. The Morgan fingerprint density at radius 1 is 1.71 bits per heavy atom. The van der Waals surface area contributed by atoms with Crippen LogP contribution in [0.2, 0.25) is 4.47 Å². The van der Waals surface area contributed by atoms with Crippen LogP contribution in [0.25, 0.3) is 0 Å². The summed E-state index contributed by atoms with van der Waals surface area (Å²) in [5.41, 5.74) is 0. The van der Waals surface area contributed by atoms with Gasteiger partial charge in [-0.1, -0.05) is 18.5 Å². The lowest BCUT2D eigenvalue weighted by molar-refractivity contribution is 0.280. The molecule has 5 heteroatoms. The van der Waals surface area contributed by atoms with Crippen molar-refractivity contribution in [3.63, 3.8) is 0 Å². The summed E-state index contributed by atoms with van der Waals surface area (Å²) in [7, 11) is 0. The van der Waals surface area contributed by atoms with Crippen molar-refractivity contribution in [1.29, 1.82) is 0 Å². The predicted molar refractivity (Wildman–Crippen MR) is 64.3 cm³/mol. The molecule has 1 aromatic heterocycles. The molecule has 2 nitrogen and oxygen atoms in total. The van der Waals surface area contributed by atoms with Gasteiger partial charge in [0.1, 0.15) is 0 Å². The first-order chi connectivity index (χ1) is 6.74. The average Bonchev–Trinajstić information content (AvgIpc) is 2.51. The number of halogens is 1. The van der Waals surface area contributed by atoms with Crippen molar-refractivity contribution in [3.8, 4) is 0 Å². The summed E-state index contributed by atoms with van der Waals surface area (Å²) in [6.07, 6.45) is 1.89. The lowest BCUT2D eigenvalue weighted by atomic mass is 10.3. The minimum absolute atomic E-state index is 0.652. The van der Waals surface area contributed by atoms with E-state index in [0.29, 0.717) is 4.47 Å². The SMILES string of the molecule is CC1CN(Cc2cnc(Cl)s2)CCS1. The van der Waals surface area contributed by atoms with Gasteiger partial charge in [0.2, 0.25) is 0 Å². The molecule has 2 heterocycles. The van der Waals surface area contributed by atoms with Gasteiger partial charge in [0, 0.05) is 41.7 Å². The molecule has 2 rings (SSSR count). The highest BCUT2D eigenvalue weighted by molar-refractivity contribution is 7.99. The van der Waals surface area contributed by atoms with Crippen LogP contribution in [0, 0.1) is 0 Å². The van der Waals surface area contributed by atoms with E-state index in [1.807, 2.05) is 6.20 Å². The standard InChI is InChI=1S/C9H13ClN2S2/c1-7-5-12(2-3-13-7)6-8-4-11-9(10)14-8/h4,7H,2-3,5-6H2,1H3. The highest BCUT2D eigenvalue weighted by Crippen LogP contribution is 2.23. The fourth-order valence-electron chi connectivity index (χ4n) is 1.61. The first kappa shape index (κ1) is 10.7. The third kappa shape index (κ3) is 2.86. The summed E-state index contributed by atoms with van der Waals surface area (Å²) in [6, 6.07) is 0. The molecule has 14 heavy (non-hydrogen) atoms. The van der Waals surface area contributed by atoms with Gasteiger partial charge in [0.25, 0.3) is 0 Å². The van der Waals surface area contributed by atoms with Crippen LogP contribution >= 0.6 is 34.7 Å². The molecule has 0 spiro atoms. The minimum atomic E-state index is 0.652.